The third kappa shape index (κ3) is 4.21. The van der Waals surface area contributed by atoms with Crippen LogP contribution in [0, 0.1) is 0 Å². The summed E-state index contributed by atoms with van der Waals surface area (Å²) >= 11 is 0. The van der Waals surface area contributed by atoms with Gasteiger partial charge in [-0.15, -0.1) is 0 Å². The van der Waals surface area contributed by atoms with E-state index in [0.717, 1.165) is 31.1 Å². The second-order valence-electron chi connectivity index (χ2n) is 5.74. The molecule has 1 heterocycles. The molecule has 0 aliphatic carbocycles. The number of rotatable bonds is 4. The van der Waals surface area contributed by atoms with Gasteiger partial charge in [-0.3, -0.25) is 4.90 Å². The van der Waals surface area contributed by atoms with Crippen molar-refractivity contribution < 1.29 is 13.2 Å². The smallest absolute Gasteiger partial charge is 0.310 e. The van der Waals surface area contributed by atoms with E-state index >= 15 is 0 Å². The molecule has 1 atom stereocenters. The summed E-state index contributed by atoms with van der Waals surface area (Å²) in [5, 5.41) is 3.47. The third-order valence-corrected chi connectivity index (χ3v) is 3.50. The fourth-order valence-electron chi connectivity index (χ4n) is 2.69. The molecule has 1 N–H and O–H groups in total. The van der Waals surface area contributed by atoms with Crippen LogP contribution in [0.3, 0.4) is 0 Å². The summed E-state index contributed by atoms with van der Waals surface area (Å²) in [6, 6.07) is 6.50. The molecular weight excluding hydrogens is 265 g/mol. The number of benzene rings is 1. The summed E-state index contributed by atoms with van der Waals surface area (Å²) in [6.45, 7) is 6.63. The molecule has 0 amide bonds. The van der Waals surface area contributed by atoms with Gasteiger partial charge in [0.25, 0.3) is 0 Å². The van der Waals surface area contributed by atoms with Crippen molar-refractivity contribution in [3.8, 4) is 0 Å². The van der Waals surface area contributed by atoms with Crippen molar-refractivity contribution in [1.29, 1.82) is 0 Å². The number of nitrogens with one attached hydrogen (secondary N) is 1. The molecule has 1 aliphatic heterocycles. The Morgan fingerprint density at radius 2 is 2.10 bits per heavy atom. The second kappa shape index (κ2) is 6.14. The third-order valence-electron chi connectivity index (χ3n) is 3.50. The number of hydrogen-bond donors (Lipinski definition) is 1. The van der Waals surface area contributed by atoms with E-state index in [-0.39, 0.29) is 0 Å². The van der Waals surface area contributed by atoms with E-state index in [4.69, 9.17) is 0 Å². The van der Waals surface area contributed by atoms with Crippen molar-refractivity contribution in [2.24, 2.45) is 0 Å². The summed E-state index contributed by atoms with van der Waals surface area (Å²) in [4.78, 5) is 2.20. The molecule has 0 aromatic heterocycles. The van der Waals surface area contributed by atoms with Gasteiger partial charge in [0.05, 0.1) is 5.56 Å². The zero-order chi connectivity index (χ0) is 14.8. The Balaban J connectivity index is 1.95. The van der Waals surface area contributed by atoms with Crippen molar-refractivity contribution in [2.75, 3.05) is 13.1 Å². The normalized spacial score (nSPS) is 20.8. The number of halogens is 3. The van der Waals surface area contributed by atoms with Crippen molar-refractivity contribution >= 4 is 0 Å². The van der Waals surface area contributed by atoms with Crippen LogP contribution >= 0.6 is 0 Å². The fourth-order valence-corrected chi connectivity index (χ4v) is 2.69. The van der Waals surface area contributed by atoms with E-state index < -0.39 is 11.7 Å². The summed E-state index contributed by atoms with van der Waals surface area (Å²) in [6.07, 6.45) is -3.21. The Bertz CT molecular complexity index is 443. The van der Waals surface area contributed by atoms with Crippen LogP contribution in [0.2, 0.25) is 0 Å². The second-order valence-corrected chi connectivity index (χ2v) is 5.74. The highest BCUT2D eigenvalue weighted by atomic mass is 19.4. The average molecular weight is 286 g/mol. The van der Waals surface area contributed by atoms with E-state index in [1.54, 1.807) is 6.07 Å². The molecule has 1 aromatic rings. The van der Waals surface area contributed by atoms with Gasteiger partial charge in [0.15, 0.2) is 0 Å². The van der Waals surface area contributed by atoms with Crippen LogP contribution in [0.5, 0.6) is 0 Å². The van der Waals surface area contributed by atoms with Gasteiger partial charge in [-0.25, -0.2) is 0 Å². The minimum atomic E-state index is -4.26. The Morgan fingerprint density at radius 1 is 1.35 bits per heavy atom. The number of hydrogen-bond acceptors (Lipinski definition) is 2. The van der Waals surface area contributed by atoms with E-state index in [0.29, 0.717) is 18.6 Å². The first kappa shape index (κ1) is 15.3. The molecule has 1 fully saturated rings. The zero-order valence-electron chi connectivity index (χ0n) is 11.9. The maximum atomic E-state index is 12.7. The molecule has 1 saturated heterocycles. The van der Waals surface area contributed by atoms with Crippen LogP contribution in [0.1, 0.15) is 31.4 Å². The first-order valence-corrected chi connectivity index (χ1v) is 6.99. The monoisotopic (exact) mass is 286 g/mol. The molecule has 0 saturated carbocycles. The molecule has 5 heteroatoms. The van der Waals surface area contributed by atoms with Crippen LogP contribution < -0.4 is 5.32 Å². The molecule has 1 aromatic carbocycles. The fraction of sp³-hybridized carbons (Fsp3) is 0.600. The van der Waals surface area contributed by atoms with Crippen molar-refractivity contribution in [1.82, 2.24) is 10.2 Å². The van der Waals surface area contributed by atoms with Crippen molar-refractivity contribution in [3.05, 3.63) is 35.4 Å². The highest BCUT2D eigenvalue weighted by molar-refractivity contribution is 5.25. The van der Waals surface area contributed by atoms with Crippen LogP contribution in [0.15, 0.2) is 24.3 Å². The Hall–Kier alpha value is -1.07. The minimum absolute atomic E-state index is 0.438. The predicted molar refractivity (Wildman–Crippen MR) is 73.4 cm³/mol. The molecule has 0 bridgehead atoms. The summed E-state index contributed by atoms with van der Waals surface area (Å²) in [7, 11) is 0. The lowest BCUT2D eigenvalue weighted by molar-refractivity contribution is -0.137. The van der Waals surface area contributed by atoms with Gasteiger partial charge in [-0.2, -0.15) is 13.2 Å². The quantitative estimate of drug-likeness (QED) is 0.914. The Labute approximate surface area is 118 Å². The lowest BCUT2D eigenvalue weighted by atomic mass is 10.1. The van der Waals surface area contributed by atoms with Crippen LogP contribution in [0.25, 0.3) is 0 Å². The minimum Gasteiger partial charge on any atom is -0.310 e. The molecular formula is C15H21F3N2. The van der Waals surface area contributed by atoms with Gasteiger partial charge >= 0.3 is 6.18 Å². The van der Waals surface area contributed by atoms with Crippen LogP contribution in [0.4, 0.5) is 13.2 Å². The maximum absolute atomic E-state index is 12.7. The van der Waals surface area contributed by atoms with E-state index in [2.05, 4.69) is 24.1 Å². The zero-order valence-corrected chi connectivity index (χ0v) is 11.9. The summed E-state index contributed by atoms with van der Waals surface area (Å²) < 4.78 is 38.0. The maximum Gasteiger partial charge on any atom is 0.416 e. The van der Waals surface area contributed by atoms with Gasteiger partial charge in [-0.05, 0) is 18.1 Å². The van der Waals surface area contributed by atoms with Gasteiger partial charge in [0.1, 0.15) is 0 Å². The molecule has 112 valence electrons. The van der Waals surface area contributed by atoms with E-state index in [1.807, 2.05) is 0 Å². The SMILES string of the molecule is CC(C)NC1CCN(Cc2cccc(C(F)(F)F)c2)C1. The summed E-state index contributed by atoms with van der Waals surface area (Å²) in [5.74, 6) is 0. The predicted octanol–water partition coefficient (Wildman–Crippen LogP) is 3.28. The number of nitrogens with zero attached hydrogens (tertiary/aromatic N) is 1. The van der Waals surface area contributed by atoms with Gasteiger partial charge in [0, 0.05) is 31.7 Å². The highest BCUT2D eigenvalue weighted by Gasteiger charge is 2.30. The lowest BCUT2D eigenvalue weighted by Crippen LogP contribution is -2.36. The first-order valence-electron chi connectivity index (χ1n) is 6.99. The van der Waals surface area contributed by atoms with E-state index in [9.17, 15) is 13.2 Å². The molecule has 0 spiro atoms. The number of likely N-dealkylation sites (tertiary alicyclic amines) is 1. The van der Waals surface area contributed by atoms with Crippen LogP contribution in [-0.2, 0) is 12.7 Å². The molecule has 1 unspecified atom stereocenters. The highest BCUT2D eigenvalue weighted by Crippen LogP contribution is 2.30. The Kier molecular flexibility index (Phi) is 4.70. The van der Waals surface area contributed by atoms with Gasteiger partial charge in [0.2, 0.25) is 0 Å². The van der Waals surface area contributed by atoms with Crippen LogP contribution in [-0.4, -0.2) is 30.1 Å². The first-order chi connectivity index (χ1) is 9.34. The summed E-state index contributed by atoms with van der Waals surface area (Å²) in [5.41, 5.74) is 0.163. The molecule has 20 heavy (non-hydrogen) atoms. The lowest BCUT2D eigenvalue weighted by Gasteiger charge is -2.19. The van der Waals surface area contributed by atoms with E-state index in [1.165, 1.54) is 12.1 Å². The molecule has 0 radical (unpaired) electrons. The van der Waals surface area contributed by atoms with Crippen molar-refractivity contribution in [3.63, 3.8) is 0 Å². The van der Waals surface area contributed by atoms with Crippen molar-refractivity contribution in [2.45, 2.75) is 45.1 Å². The average Bonchev–Trinajstić information content (AvgIpc) is 2.75. The number of alkyl halides is 3. The molecule has 2 nitrogen and oxygen atoms in total. The Morgan fingerprint density at radius 3 is 2.75 bits per heavy atom. The van der Waals surface area contributed by atoms with Gasteiger partial charge < -0.3 is 5.32 Å². The largest absolute Gasteiger partial charge is 0.416 e. The van der Waals surface area contributed by atoms with Gasteiger partial charge in [-0.1, -0.05) is 32.0 Å². The standard InChI is InChI=1S/C15H21F3N2/c1-11(2)19-14-6-7-20(10-14)9-12-4-3-5-13(8-12)15(16,17)18/h3-5,8,11,14,19H,6-7,9-10H2,1-2H3. The topological polar surface area (TPSA) is 15.3 Å². The molecule has 2 rings (SSSR count). The molecule has 1 aliphatic rings.